The summed E-state index contributed by atoms with van der Waals surface area (Å²) in [4.78, 5) is 2.45. The van der Waals surface area contributed by atoms with E-state index in [4.69, 9.17) is 11.6 Å². The quantitative estimate of drug-likeness (QED) is 0.689. The largest absolute Gasteiger partial charge is 0.362 e. The molecule has 0 saturated carbocycles. The van der Waals surface area contributed by atoms with Crippen LogP contribution in [0.5, 0.6) is 0 Å². The summed E-state index contributed by atoms with van der Waals surface area (Å²) >= 11 is 9.73. The van der Waals surface area contributed by atoms with E-state index in [2.05, 4.69) is 72.9 Å². The van der Waals surface area contributed by atoms with Gasteiger partial charge in [0.25, 0.3) is 0 Å². The summed E-state index contributed by atoms with van der Waals surface area (Å²) in [6.45, 7) is 5.11. The van der Waals surface area contributed by atoms with Crippen molar-refractivity contribution in [1.82, 2.24) is 14.8 Å². The summed E-state index contributed by atoms with van der Waals surface area (Å²) in [5.74, 6) is 2.23. The van der Waals surface area contributed by atoms with Crippen LogP contribution in [0.1, 0.15) is 30.9 Å². The SMILES string of the molecule is Cc1nnc2n1-c1ccc(Br)cc1N(C1C=CC(Cl)=CC1)CC2C. The van der Waals surface area contributed by atoms with Crippen molar-refractivity contribution in [2.45, 2.75) is 32.2 Å². The third-order valence-electron chi connectivity index (χ3n) is 4.68. The number of aryl methyl sites for hydroxylation is 1. The van der Waals surface area contributed by atoms with Crippen molar-refractivity contribution in [2.24, 2.45) is 0 Å². The van der Waals surface area contributed by atoms with Gasteiger partial charge in [0.05, 0.1) is 17.4 Å². The lowest BCUT2D eigenvalue weighted by atomic mass is 10.0. The molecule has 0 bridgehead atoms. The predicted molar refractivity (Wildman–Crippen MR) is 101 cm³/mol. The maximum atomic E-state index is 6.11. The van der Waals surface area contributed by atoms with Gasteiger partial charge in [-0.1, -0.05) is 46.6 Å². The van der Waals surface area contributed by atoms with Crippen LogP contribution in [0.2, 0.25) is 0 Å². The monoisotopic (exact) mass is 404 g/mol. The molecule has 4 rings (SSSR count). The van der Waals surface area contributed by atoms with Gasteiger partial charge in [0, 0.05) is 22.0 Å². The van der Waals surface area contributed by atoms with E-state index < -0.39 is 0 Å². The zero-order valence-corrected chi connectivity index (χ0v) is 15.9. The van der Waals surface area contributed by atoms with Gasteiger partial charge in [0.1, 0.15) is 11.6 Å². The van der Waals surface area contributed by atoms with Gasteiger partial charge in [0.15, 0.2) is 0 Å². The van der Waals surface area contributed by atoms with Crippen molar-refractivity contribution >= 4 is 33.2 Å². The van der Waals surface area contributed by atoms with E-state index in [1.807, 2.05) is 13.0 Å². The second-order valence-corrected chi connectivity index (χ2v) is 7.73. The average Bonchev–Trinajstić information content (AvgIpc) is 2.89. The Labute approximate surface area is 155 Å². The van der Waals surface area contributed by atoms with Gasteiger partial charge in [-0.05, 0) is 37.6 Å². The van der Waals surface area contributed by atoms with E-state index >= 15 is 0 Å². The highest BCUT2D eigenvalue weighted by molar-refractivity contribution is 9.10. The van der Waals surface area contributed by atoms with E-state index in [0.29, 0.717) is 6.04 Å². The van der Waals surface area contributed by atoms with Gasteiger partial charge in [-0.25, -0.2) is 0 Å². The maximum Gasteiger partial charge on any atom is 0.142 e. The predicted octanol–water partition coefficient (Wildman–Crippen LogP) is 4.71. The Morgan fingerprint density at radius 1 is 1.25 bits per heavy atom. The lowest BCUT2D eigenvalue weighted by Crippen LogP contribution is -2.37. The Morgan fingerprint density at radius 2 is 2.08 bits per heavy atom. The van der Waals surface area contributed by atoms with Crippen LogP contribution in [0.4, 0.5) is 5.69 Å². The van der Waals surface area contributed by atoms with Gasteiger partial charge < -0.3 is 4.90 Å². The molecule has 1 aliphatic heterocycles. The molecular weight excluding hydrogens is 388 g/mol. The van der Waals surface area contributed by atoms with E-state index in [1.165, 1.54) is 5.69 Å². The first-order valence-corrected chi connectivity index (χ1v) is 9.24. The van der Waals surface area contributed by atoms with Crippen molar-refractivity contribution in [3.63, 3.8) is 0 Å². The molecule has 124 valence electrons. The number of fused-ring (bicyclic) bond motifs is 3. The minimum absolute atomic E-state index is 0.284. The third-order valence-corrected chi connectivity index (χ3v) is 5.45. The first kappa shape index (κ1) is 15.9. The molecule has 0 saturated heterocycles. The van der Waals surface area contributed by atoms with Gasteiger partial charge in [0.2, 0.25) is 0 Å². The highest BCUT2D eigenvalue weighted by Crippen LogP contribution is 2.38. The Balaban J connectivity index is 1.87. The van der Waals surface area contributed by atoms with Crippen molar-refractivity contribution in [2.75, 3.05) is 11.4 Å². The molecule has 2 aliphatic rings. The lowest BCUT2D eigenvalue weighted by Gasteiger charge is -2.33. The minimum Gasteiger partial charge on any atom is -0.362 e. The van der Waals surface area contributed by atoms with Gasteiger partial charge in [-0.15, -0.1) is 10.2 Å². The Kier molecular flexibility index (Phi) is 4.01. The summed E-state index contributed by atoms with van der Waals surface area (Å²) in [5, 5.41) is 9.55. The molecule has 1 aliphatic carbocycles. The van der Waals surface area contributed by atoms with Gasteiger partial charge >= 0.3 is 0 Å². The molecule has 0 amide bonds. The van der Waals surface area contributed by atoms with E-state index in [-0.39, 0.29) is 5.92 Å². The van der Waals surface area contributed by atoms with Gasteiger partial charge in [-0.2, -0.15) is 0 Å². The molecule has 1 aromatic heterocycles. The summed E-state index contributed by atoms with van der Waals surface area (Å²) in [6, 6.07) is 6.69. The van der Waals surface area contributed by atoms with Crippen molar-refractivity contribution in [1.29, 1.82) is 0 Å². The number of rotatable bonds is 1. The molecule has 2 unspecified atom stereocenters. The standard InChI is InChI=1S/C18H18BrClN4/c1-11-10-23(15-6-4-14(20)5-7-15)17-9-13(19)3-8-16(17)24-12(2)21-22-18(11)24/h3-6,8-9,11,15H,7,10H2,1-2H3. The summed E-state index contributed by atoms with van der Waals surface area (Å²) < 4.78 is 3.25. The molecule has 2 atom stereocenters. The Hall–Kier alpha value is -1.59. The number of benzene rings is 1. The average molecular weight is 406 g/mol. The molecule has 4 nitrogen and oxygen atoms in total. The van der Waals surface area contributed by atoms with Crippen LogP contribution >= 0.6 is 27.5 Å². The summed E-state index contributed by atoms with van der Waals surface area (Å²) in [5.41, 5.74) is 2.33. The molecule has 6 heteroatoms. The molecule has 24 heavy (non-hydrogen) atoms. The zero-order chi connectivity index (χ0) is 16.8. The topological polar surface area (TPSA) is 34.0 Å². The highest BCUT2D eigenvalue weighted by Gasteiger charge is 2.30. The van der Waals surface area contributed by atoms with Crippen molar-refractivity contribution < 1.29 is 0 Å². The van der Waals surface area contributed by atoms with Crippen LogP contribution in [0.3, 0.4) is 0 Å². The van der Waals surface area contributed by atoms with E-state index in [9.17, 15) is 0 Å². The summed E-state index contributed by atoms with van der Waals surface area (Å²) in [6.07, 6.45) is 7.19. The minimum atomic E-state index is 0.284. The molecule has 0 spiro atoms. The van der Waals surface area contributed by atoms with Crippen molar-refractivity contribution in [3.05, 3.63) is 57.6 Å². The second-order valence-electron chi connectivity index (χ2n) is 6.38. The molecule has 2 heterocycles. The highest BCUT2D eigenvalue weighted by atomic mass is 79.9. The van der Waals surface area contributed by atoms with Crippen LogP contribution < -0.4 is 4.90 Å². The normalized spacial score (nSPS) is 22.7. The Bertz CT molecular complexity index is 855. The van der Waals surface area contributed by atoms with Crippen LogP contribution in [-0.4, -0.2) is 27.4 Å². The van der Waals surface area contributed by atoms with Crippen LogP contribution in [0, 0.1) is 6.92 Å². The first-order chi connectivity index (χ1) is 11.5. The van der Waals surface area contributed by atoms with E-state index in [1.54, 1.807) is 0 Å². The number of nitrogens with zero attached hydrogens (tertiary/aromatic N) is 4. The van der Waals surface area contributed by atoms with Crippen LogP contribution in [-0.2, 0) is 0 Å². The van der Waals surface area contributed by atoms with Crippen LogP contribution in [0.15, 0.2) is 45.9 Å². The summed E-state index contributed by atoms with van der Waals surface area (Å²) in [7, 11) is 0. The van der Waals surface area contributed by atoms with Gasteiger partial charge in [-0.3, -0.25) is 4.57 Å². The van der Waals surface area contributed by atoms with E-state index in [0.717, 1.165) is 39.8 Å². The second kappa shape index (κ2) is 6.05. The molecule has 2 aromatic rings. The first-order valence-electron chi connectivity index (χ1n) is 8.07. The lowest BCUT2D eigenvalue weighted by molar-refractivity contribution is 0.615. The number of aromatic nitrogens is 3. The zero-order valence-electron chi connectivity index (χ0n) is 13.6. The van der Waals surface area contributed by atoms with Crippen LogP contribution in [0.25, 0.3) is 5.69 Å². The maximum absolute atomic E-state index is 6.11. The molecule has 0 N–H and O–H groups in total. The number of halogens is 2. The molecular formula is C18H18BrClN4. The Morgan fingerprint density at radius 3 is 2.83 bits per heavy atom. The molecule has 0 radical (unpaired) electrons. The molecule has 1 aromatic carbocycles. The fourth-order valence-electron chi connectivity index (χ4n) is 3.51. The fourth-order valence-corrected chi connectivity index (χ4v) is 4.03. The van der Waals surface area contributed by atoms with Crippen molar-refractivity contribution in [3.8, 4) is 5.69 Å². The number of hydrogen-bond acceptors (Lipinski definition) is 3. The molecule has 0 fully saturated rings. The third kappa shape index (κ3) is 2.60. The number of allylic oxidation sites excluding steroid dienone is 2. The number of anilines is 1. The smallest absolute Gasteiger partial charge is 0.142 e. The fraction of sp³-hybridized carbons (Fsp3) is 0.333. The number of hydrogen-bond donors (Lipinski definition) is 0.